The van der Waals surface area contributed by atoms with Crippen molar-refractivity contribution in [2.24, 2.45) is 0 Å². The van der Waals surface area contributed by atoms with Gasteiger partial charge >= 0.3 is 17.9 Å². The number of carbonyl (C=O) groups is 3. The maximum atomic E-state index is 12.8. The molecule has 0 saturated carbocycles. The molecule has 0 N–H and O–H groups in total. The van der Waals surface area contributed by atoms with E-state index in [1.54, 1.807) is 0 Å². The van der Waals surface area contributed by atoms with Gasteiger partial charge in [0.05, 0.1) is 0 Å². The molecule has 73 heavy (non-hydrogen) atoms. The van der Waals surface area contributed by atoms with Crippen LogP contribution in [-0.2, 0) is 28.6 Å². The lowest BCUT2D eigenvalue weighted by Crippen LogP contribution is -2.30. The minimum absolute atomic E-state index is 0.0758. The van der Waals surface area contributed by atoms with Crippen LogP contribution in [0.15, 0.2) is 48.6 Å². The predicted molar refractivity (Wildman–Crippen MR) is 316 cm³/mol. The van der Waals surface area contributed by atoms with E-state index in [2.05, 4.69) is 69.4 Å². The Morgan fingerprint density at radius 1 is 0.274 bits per heavy atom. The summed E-state index contributed by atoms with van der Waals surface area (Å²) in [7, 11) is 0. The van der Waals surface area contributed by atoms with Gasteiger partial charge in [-0.15, -0.1) is 0 Å². The Kier molecular flexibility index (Phi) is 59.7. The first-order chi connectivity index (χ1) is 36.0. The van der Waals surface area contributed by atoms with Crippen molar-refractivity contribution >= 4 is 17.9 Å². The lowest BCUT2D eigenvalue weighted by atomic mass is 10.0. The molecule has 0 saturated heterocycles. The van der Waals surface area contributed by atoms with E-state index in [9.17, 15) is 14.4 Å². The number of esters is 3. The van der Waals surface area contributed by atoms with Gasteiger partial charge in [-0.2, -0.15) is 0 Å². The zero-order chi connectivity index (χ0) is 52.9. The van der Waals surface area contributed by atoms with Crippen LogP contribution >= 0.6 is 0 Å². The van der Waals surface area contributed by atoms with Crippen LogP contribution in [0.4, 0.5) is 0 Å². The molecule has 0 aromatic heterocycles. The highest BCUT2D eigenvalue weighted by molar-refractivity contribution is 5.71. The Morgan fingerprint density at radius 2 is 0.521 bits per heavy atom. The first kappa shape index (κ1) is 70.4. The standard InChI is InChI=1S/C67H122O6/c1-4-7-10-13-16-19-22-24-26-27-28-29-30-31-32-33-34-35-36-37-38-39-40-41-42-44-45-48-51-54-57-60-66(69)72-63-64(62-71-65(68)59-56-53-50-47-21-18-15-12-9-6-3)73-67(70)61-58-55-52-49-46-43-25-23-20-17-14-11-8-5-2/h12,15,22-25,27-28,64H,4-11,13-14,16-21,26,29-63H2,1-3H3/b15-12-,24-22-,25-23-,28-27-. The molecule has 6 nitrogen and oxygen atoms in total. The lowest BCUT2D eigenvalue weighted by molar-refractivity contribution is -0.167. The van der Waals surface area contributed by atoms with Crippen molar-refractivity contribution in [3.63, 3.8) is 0 Å². The number of hydrogen-bond acceptors (Lipinski definition) is 6. The molecule has 426 valence electrons. The van der Waals surface area contributed by atoms with Crippen LogP contribution in [0.1, 0.15) is 342 Å². The van der Waals surface area contributed by atoms with Crippen molar-refractivity contribution in [3.05, 3.63) is 48.6 Å². The van der Waals surface area contributed by atoms with Crippen LogP contribution in [0.25, 0.3) is 0 Å². The number of ether oxygens (including phenoxy) is 3. The third-order valence-corrected chi connectivity index (χ3v) is 14.3. The molecule has 0 aromatic carbocycles. The fraction of sp³-hybridized carbons (Fsp3) is 0.836. The molecule has 0 heterocycles. The molecule has 0 aromatic rings. The summed E-state index contributed by atoms with van der Waals surface area (Å²) < 4.78 is 16.9. The van der Waals surface area contributed by atoms with Crippen molar-refractivity contribution in [1.29, 1.82) is 0 Å². The van der Waals surface area contributed by atoms with Gasteiger partial charge in [0.2, 0.25) is 0 Å². The summed E-state index contributed by atoms with van der Waals surface area (Å²) >= 11 is 0. The molecule has 0 aliphatic rings. The van der Waals surface area contributed by atoms with E-state index in [1.807, 2.05) is 0 Å². The third kappa shape index (κ3) is 60.1. The maximum Gasteiger partial charge on any atom is 0.306 e. The van der Waals surface area contributed by atoms with E-state index in [0.717, 1.165) is 83.5 Å². The van der Waals surface area contributed by atoms with Crippen LogP contribution in [0.5, 0.6) is 0 Å². The van der Waals surface area contributed by atoms with E-state index in [4.69, 9.17) is 14.2 Å². The van der Waals surface area contributed by atoms with Crippen LogP contribution in [0.3, 0.4) is 0 Å². The zero-order valence-electron chi connectivity index (χ0n) is 48.9. The highest BCUT2D eigenvalue weighted by atomic mass is 16.6. The number of carbonyl (C=O) groups excluding carboxylic acids is 3. The normalized spacial score (nSPS) is 12.3. The van der Waals surface area contributed by atoms with Gasteiger partial charge in [-0.3, -0.25) is 14.4 Å². The molecular weight excluding hydrogens is 901 g/mol. The van der Waals surface area contributed by atoms with E-state index in [1.165, 1.54) is 218 Å². The molecule has 0 aliphatic carbocycles. The minimum Gasteiger partial charge on any atom is -0.462 e. The number of allylic oxidation sites excluding steroid dienone is 8. The monoisotopic (exact) mass is 1020 g/mol. The first-order valence-corrected chi connectivity index (χ1v) is 32.1. The third-order valence-electron chi connectivity index (χ3n) is 14.3. The highest BCUT2D eigenvalue weighted by Crippen LogP contribution is 2.17. The van der Waals surface area contributed by atoms with Crippen molar-refractivity contribution in [2.45, 2.75) is 348 Å². The van der Waals surface area contributed by atoms with Crippen LogP contribution in [-0.4, -0.2) is 37.2 Å². The van der Waals surface area contributed by atoms with Gasteiger partial charge in [0.1, 0.15) is 13.2 Å². The predicted octanol–water partition coefficient (Wildman–Crippen LogP) is 21.8. The van der Waals surface area contributed by atoms with E-state index in [0.29, 0.717) is 19.3 Å². The quantitative estimate of drug-likeness (QED) is 0.0261. The molecule has 0 amide bonds. The summed E-state index contributed by atoms with van der Waals surface area (Å²) in [5, 5.41) is 0. The number of rotatable bonds is 59. The van der Waals surface area contributed by atoms with Crippen molar-refractivity contribution < 1.29 is 28.6 Å². The largest absolute Gasteiger partial charge is 0.462 e. The molecule has 0 aliphatic heterocycles. The fourth-order valence-corrected chi connectivity index (χ4v) is 9.41. The SMILES string of the molecule is CCC/C=C\CCCCCCCC(=O)OCC(COC(=O)CCCCCCCCCCCCCCCCCCCCC/C=C\C/C=C\CCCCCCC)OC(=O)CCCCCCC/C=C\CCCCCCC. The number of unbranched alkanes of at least 4 members (excludes halogenated alkanes) is 40. The summed E-state index contributed by atoms with van der Waals surface area (Å²) in [5.74, 6) is -0.880. The second-order valence-corrected chi connectivity index (χ2v) is 21.7. The molecule has 0 bridgehead atoms. The average molecular weight is 1020 g/mol. The van der Waals surface area contributed by atoms with Crippen LogP contribution in [0.2, 0.25) is 0 Å². The Hall–Kier alpha value is -2.63. The van der Waals surface area contributed by atoms with Gasteiger partial charge in [-0.25, -0.2) is 0 Å². The van der Waals surface area contributed by atoms with Gasteiger partial charge in [0.25, 0.3) is 0 Å². The lowest BCUT2D eigenvalue weighted by Gasteiger charge is -2.18. The Balaban J connectivity index is 4.07. The van der Waals surface area contributed by atoms with Crippen LogP contribution < -0.4 is 0 Å². The van der Waals surface area contributed by atoms with Gasteiger partial charge in [0, 0.05) is 19.3 Å². The van der Waals surface area contributed by atoms with Crippen molar-refractivity contribution in [3.8, 4) is 0 Å². The molecular formula is C67H122O6. The van der Waals surface area contributed by atoms with Crippen molar-refractivity contribution in [1.82, 2.24) is 0 Å². The van der Waals surface area contributed by atoms with Gasteiger partial charge in [-0.05, 0) is 96.3 Å². The average Bonchev–Trinajstić information content (AvgIpc) is 3.39. The second kappa shape index (κ2) is 61.9. The first-order valence-electron chi connectivity index (χ1n) is 32.1. The fourth-order valence-electron chi connectivity index (χ4n) is 9.41. The highest BCUT2D eigenvalue weighted by Gasteiger charge is 2.19. The van der Waals surface area contributed by atoms with E-state index < -0.39 is 6.10 Å². The van der Waals surface area contributed by atoms with E-state index >= 15 is 0 Å². The number of hydrogen-bond donors (Lipinski definition) is 0. The van der Waals surface area contributed by atoms with Gasteiger partial charge in [0.15, 0.2) is 6.10 Å². The Labute approximate surface area is 454 Å². The maximum absolute atomic E-state index is 12.8. The topological polar surface area (TPSA) is 78.9 Å². The Bertz CT molecular complexity index is 1270. The van der Waals surface area contributed by atoms with Gasteiger partial charge in [-0.1, -0.05) is 275 Å². The smallest absolute Gasteiger partial charge is 0.306 e. The van der Waals surface area contributed by atoms with E-state index in [-0.39, 0.29) is 31.1 Å². The minimum atomic E-state index is -0.778. The summed E-state index contributed by atoms with van der Waals surface area (Å²) in [4.78, 5) is 38.1. The second-order valence-electron chi connectivity index (χ2n) is 21.7. The molecule has 0 spiro atoms. The molecule has 6 heteroatoms. The molecule has 1 unspecified atom stereocenters. The molecule has 0 rings (SSSR count). The summed E-state index contributed by atoms with van der Waals surface area (Å²) in [6, 6.07) is 0. The zero-order valence-corrected chi connectivity index (χ0v) is 48.9. The summed E-state index contributed by atoms with van der Waals surface area (Å²) in [6.07, 6.45) is 77.2. The summed E-state index contributed by atoms with van der Waals surface area (Å²) in [5.41, 5.74) is 0. The molecule has 0 fully saturated rings. The van der Waals surface area contributed by atoms with Crippen molar-refractivity contribution in [2.75, 3.05) is 13.2 Å². The molecule has 0 radical (unpaired) electrons. The van der Waals surface area contributed by atoms with Crippen LogP contribution in [0, 0.1) is 0 Å². The summed E-state index contributed by atoms with van der Waals surface area (Å²) in [6.45, 7) is 6.58. The van der Waals surface area contributed by atoms with Gasteiger partial charge < -0.3 is 14.2 Å². The Morgan fingerprint density at radius 3 is 0.822 bits per heavy atom. The molecule has 1 atom stereocenters.